The molecule has 0 aliphatic heterocycles. The fraction of sp³-hybridized carbons (Fsp3) is 0.533. The molecule has 0 aliphatic rings. The largest absolute Gasteiger partial charge is 0.481 e. The molecular formula is C15H24N2O2. The number of hydrogen-bond acceptors (Lipinski definition) is 3. The van der Waals surface area contributed by atoms with Crippen LogP contribution in [0, 0.1) is 5.41 Å². The first-order chi connectivity index (χ1) is 9.08. The molecule has 0 bridgehead atoms. The van der Waals surface area contributed by atoms with Gasteiger partial charge in [0.2, 0.25) is 0 Å². The lowest BCUT2D eigenvalue weighted by molar-refractivity contribution is -0.147. The van der Waals surface area contributed by atoms with Gasteiger partial charge in [-0.1, -0.05) is 31.0 Å². The SMILES string of the molecule is CC(CN)(CCCCCNc1ccccc1)C(=O)O. The van der Waals surface area contributed by atoms with E-state index in [4.69, 9.17) is 10.8 Å². The summed E-state index contributed by atoms with van der Waals surface area (Å²) in [6.45, 7) is 2.83. The molecule has 0 aromatic heterocycles. The first-order valence-corrected chi connectivity index (χ1v) is 6.81. The van der Waals surface area contributed by atoms with Crippen molar-refractivity contribution < 1.29 is 9.90 Å². The topological polar surface area (TPSA) is 75.3 Å². The normalized spacial score (nSPS) is 13.8. The molecule has 19 heavy (non-hydrogen) atoms. The molecule has 1 aromatic carbocycles. The summed E-state index contributed by atoms with van der Waals surface area (Å²) in [7, 11) is 0. The quantitative estimate of drug-likeness (QED) is 0.599. The monoisotopic (exact) mass is 264 g/mol. The van der Waals surface area contributed by atoms with Gasteiger partial charge < -0.3 is 16.2 Å². The van der Waals surface area contributed by atoms with E-state index in [0.29, 0.717) is 6.42 Å². The number of aliphatic carboxylic acids is 1. The van der Waals surface area contributed by atoms with Crippen molar-refractivity contribution in [2.75, 3.05) is 18.4 Å². The summed E-state index contributed by atoms with van der Waals surface area (Å²) in [4.78, 5) is 11.1. The van der Waals surface area contributed by atoms with Crippen molar-refractivity contribution in [2.24, 2.45) is 11.1 Å². The van der Waals surface area contributed by atoms with E-state index in [1.165, 1.54) is 0 Å². The number of carboxylic acids is 1. The summed E-state index contributed by atoms with van der Waals surface area (Å²) in [5.74, 6) is -0.794. The highest BCUT2D eigenvalue weighted by Crippen LogP contribution is 2.23. The smallest absolute Gasteiger partial charge is 0.310 e. The molecule has 0 aliphatic carbocycles. The number of benzene rings is 1. The van der Waals surface area contributed by atoms with Crippen LogP contribution >= 0.6 is 0 Å². The van der Waals surface area contributed by atoms with Crippen molar-refractivity contribution in [2.45, 2.75) is 32.6 Å². The lowest BCUT2D eigenvalue weighted by atomic mass is 9.85. The van der Waals surface area contributed by atoms with E-state index in [2.05, 4.69) is 5.32 Å². The molecule has 0 saturated carbocycles. The van der Waals surface area contributed by atoms with E-state index in [9.17, 15) is 4.79 Å². The van der Waals surface area contributed by atoms with Crippen LogP contribution in [0.25, 0.3) is 0 Å². The maximum Gasteiger partial charge on any atom is 0.310 e. The number of carboxylic acid groups (broad SMARTS) is 1. The molecular weight excluding hydrogens is 240 g/mol. The summed E-state index contributed by atoms with van der Waals surface area (Å²) in [5.41, 5.74) is 5.89. The van der Waals surface area contributed by atoms with Crippen LogP contribution in [0.1, 0.15) is 32.6 Å². The maximum atomic E-state index is 11.1. The number of para-hydroxylation sites is 1. The van der Waals surface area contributed by atoms with E-state index in [1.54, 1.807) is 6.92 Å². The van der Waals surface area contributed by atoms with Gasteiger partial charge in [0.1, 0.15) is 0 Å². The maximum absolute atomic E-state index is 11.1. The zero-order chi connectivity index (χ0) is 14.1. The van der Waals surface area contributed by atoms with Gasteiger partial charge in [0, 0.05) is 18.8 Å². The highest BCUT2D eigenvalue weighted by atomic mass is 16.4. The molecule has 0 amide bonds. The summed E-state index contributed by atoms with van der Waals surface area (Å²) >= 11 is 0. The van der Waals surface area contributed by atoms with Gasteiger partial charge in [-0.2, -0.15) is 0 Å². The molecule has 1 rings (SSSR count). The van der Waals surface area contributed by atoms with Crippen LogP contribution in [0.3, 0.4) is 0 Å². The standard InChI is InChI=1S/C15H24N2O2/c1-15(12-16,14(18)19)10-6-3-7-11-17-13-8-4-2-5-9-13/h2,4-5,8-9,17H,3,6-7,10-12,16H2,1H3,(H,18,19). The van der Waals surface area contributed by atoms with Crippen molar-refractivity contribution in [1.29, 1.82) is 0 Å². The number of carbonyl (C=O) groups is 1. The molecule has 4 N–H and O–H groups in total. The third-order valence-corrected chi connectivity index (χ3v) is 3.48. The van der Waals surface area contributed by atoms with Gasteiger partial charge in [-0.25, -0.2) is 0 Å². The molecule has 4 nitrogen and oxygen atoms in total. The van der Waals surface area contributed by atoms with Crippen LogP contribution in [0.15, 0.2) is 30.3 Å². The van der Waals surface area contributed by atoms with Crippen LogP contribution in [0.2, 0.25) is 0 Å². The van der Waals surface area contributed by atoms with E-state index >= 15 is 0 Å². The zero-order valence-electron chi connectivity index (χ0n) is 11.6. The second kappa shape index (κ2) is 7.79. The predicted molar refractivity (Wildman–Crippen MR) is 78.2 cm³/mol. The number of unbranched alkanes of at least 4 members (excludes halogenated alkanes) is 2. The van der Waals surface area contributed by atoms with Crippen molar-refractivity contribution in [3.05, 3.63) is 30.3 Å². The van der Waals surface area contributed by atoms with Gasteiger partial charge in [0.25, 0.3) is 0 Å². The van der Waals surface area contributed by atoms with Crippen molar-refractivity contribution in [3.63, 3.8) is 0 Å². The molecule has 0 spiro atoms. The van der Waals surface area contributed by atoms with Crippen LogP contribution in [-0.4, -0.2) is 24.2 Å². The van der Waals surface area contributed by atoms with Crippen LogP contribution < -0.4 is 11.1 Å². The average Bonchev–Trinajstić information content (AvgIpc) is 2.43. The van der Waals surface area contributed by atoms with Crippen LogP contribution in [-0.2, 0) is 4.79 Å². The van der Waals surface area contributed by atoms with E-state index in [-0.39, 0.29) is 6.54 Å². The van der Waals surface area contributed by atoms with Crippen LogP contribution in [0.4, 0.5) is 5.69 Å². The molecule has 0 radical (unpaired) electrons. The molecule has 1 unspecified atom stereocenters. The van der Waals surface area contributed by atoms with Crippen molar-refractivity contribution in [3.8, 4) is 0 Å². The third kappa shape index (κ3) is 5.30. The Balaban J connectivity index is 2.13. The lowest BCUT2D eigenvalue weighted by Crippen LogP contribution is -2.35. The minimum absolute atomic E-state index is 0.199. The Labute approximate surface area is 115 Å². The Hall–Kier alpha value is -1.55. The summed E-state index contributed by atoms with van der Waals surface area (Å²) in [5, 5.41) is 12.4. The first kappa shape index (κ1) is 15.5. The fourth-order valence-corrected chi connectivity index (χ4v) is 1.90. The Morgan fingerprint density at radius 2 is 1.95 bits per heavy atom. The highest BCUT2D eigenvalue weighted by molar-refractivity contribution is 5.74. The molecule has 0 fully saturated rings. The Morgan fingerprint density at radius 3 is 2.53 bits per heavy atom. The van der Waals surface area contributed by atoms with Crippen LogP contribution in [0.5, 0.6) is 0 Å². The molecule has 1 atom stereocenters. The summed E-state index contributed by atoms with van der Waals surface area (Å²) < 4.78 is 0. The Morgan fingerprint density at radius 1 is 1.26 bits per heavy atom. The number of rotatable bonds is 9. The zero-order valence-corrected chi connectivity index (χ0v) is 11.6. The number of anilines is 1. The summed E-state index contributed by atoms with van der Waals surface area (Å²) in [6, 6.07) is 10.1. The van der Waals surface area contributed by atoms with Crippen molar-refractivity contribution in [1.82, 2.24) is 0 Å². The lowest BCUT2D eigenvalue weighted by Gasteiger charge is -2.22. The van der Waals surface area contributed by atoms with Gasteiger partial charge in [-0.3, -0.25) is 4.79 Å². The molecule has 0 heterocycles. The highest BCUT2D eigenvalue weighted by Gasteiger charge is 2.30. The third-order valence-electron chi connectivity index (χ3n) is 3.48. The van der Waals surface area contributed by atoms with Gasteiger partial charge in [-0.15, -0.1) is 0 Å². The van der Waals surface area contributed by atoms with Gasteiger partial charge in [0.15, 0.2) is 0 Å². The van der Waals surface area contributed by atoms with E-state index in [0.717, 1.165) is 31.5 Å². The summed E-state index contributed by atoms with van der Waals surface area (Å²) in [6.07, 6.45) is 3.60. The first-order valence-electron chi connectivity index (χ1n) is 6.81. The molecule has 1 aromatic rings. The van der Waals surface area contributed by atoms with E-state index in [1.807, 2.05) is 30.3 Å². The predicted octanol–water partition coefficient (Wildman–Crippen LogP) is 2.71. The minimum atomic E-state index is -0.794. The Kier molecular flexibility index (Phi) is 6.36. The van der Waals surface area contributed by atoms with Gasteiger partial charge in [0.05, 0.1) is 5.41 Å². The minimum Gasteiger partial charge on any atom is -0.481 e. The number of hydrogen-bond donors (Lipinski definition) is 3. The Bertz CT molecular complexity index is 381. The molecule has 106 valence electrons. The van der Waals surface area contributed by atoms with Gasteiger partial charge in [-0.05, 0) is 31.9 Å². The number of nitrogens with two attached hydrogens (primary N) is 1. The number of nitrogens with one attached hydrogen (secondary N) is 1. The molecule has 4 heteroatoms. The second-order valence-corrected chi connectivity index (χ2v) is 5.17. The fourth-order valence-electron chi connectivity index (χ4n) is 1.90. The molecule has 0 saturated heterocycles. The average molecular weight is 264 g/mol. The second-order valence-electron chi connectivity index (χ2n) is 5.17. The van der Waals surface area contributed by atoms with Gasteiger partial charge >= 0.3 is 5.97 Å². The van der Waals surface area contributed by atoms with Crippen molar-refractivity contribution >= 4 is 11.7 Å². The van der Waals surface area contributed by atoms with E-state index < -0.39 is 11.4 Å².